The highest BCUT2D eigenvalue weighted by atomic mass is 35.5. The van der Waals surface area contributed by atoms with Crippen molar-refractivity contribution in [1.29, 1.82) is 0 Å². The number of aromatic nitrogens is 2. The van der Waals surface area contributed by atoms with Crippen molar-refractivity contribution in [1.82, 2.24) is 9.97 Å². The first-order chi connectivity index (χ1) is 9.74. The first-order valence-electron chi connectivity index (χ1n) is 6.07. The van der Waals surface area contributed by atoms with E-state index in [-0.39, 0.29) is 5.15 Å². The molecule has 7 heteroatoms. The van der Waals surface area contributed by atoms with Crippen LogP contribution in [0.5, 0.6) is 11.5 Å². The van der Waals surface area contributed by atoms with Gasteiger partial charge in [0.25, 0.3) is 0 Å². The molecule has 20 heavy (non-hydrogen) atoms. The normalized spacial score (nSPS) is 13.8. The van der Waals surface area contributed by atoms with Gasteiger partial charge in [-0.2, -0.15) is 0 Å². The number of nitrogen functional groups attached to an aromatic ring is 1. The van der Waals surface area contributed by atoms with Crippen LogP contribution in [-0.2, 0) is 0 Å². The van der Waals surface area contributed by atoms with Crippen molar-refractivity contribution in [2.75, 3.05) is 18.9 Å². The Bertz CT molecular complexity index is 639. The van der Waals surface area contributed by atoms with Gasteiger partial charge in [-0.05, 0) is 18.2 Å². The van der Waals surface area contributed by atoms with E-state index >= 15 is 0 Å². The molecule has 1 aliphatic heterocycles. The topological polar surface area (TPSA) is 70.3 Å². The van der Waals surface area contributed by atoms with Gasteiger partial charge in [-0.1, -0.05) is 23.4 Å². The van der Waals surface area contributed by atoms with Gasteiger partial charge in [0.2, 0.25) is 0 Å². The number of anilines is 1. The number of ether oxygens (including phenoxy) is 2. The molecule has 0 saturated heterocycles. The summed E-state index contributed by atoms with van der Waals surface area (Å²) in [7, 11) is 0. The van der Waals surface area contributed by atoms with Crippen molar-refractivity contribution >= 4 is 29.1 Å². The minimum Gasteiger partial charge on any atom is -0.490 e. The fraction of sp³-hybridized carbons (Fsp3) is 0.231. The predicted octanol–water partition coefficient (Wildman–Crippen LogP) is 3.02. The quantitative estimate of drug-likeness (QED) is 0.860. The van der Waals surface area contributed by atoms with Gasteiger partial charge in [-0.15, -0.1) is 0 Å². The third-order valence-corrected chi connectivity index (χ3v) is 4.04. The number of hydrogen-bond acceptors (Lipinski definition) is 6. The number of hydrogen-bond donors (Lipinski definition) is 1. The van der Waals surface area contributed by atoms with Gasteiger partial charge in [0.05, 0.1) is 13.2 Å². The summed E-state index contributed by atoms with van der Waals surface area (Å²) in [6.07, 6.45) is 2.27. The van der Waals surface area contributed by atoms with Crippen LogP contribution in [0.25, 0.3) is 0 Å². The second-order valence-corrected chi connectivity index (χ2v) is 5.56. The van der Waals surface area contributed by atoms with Gasteiger partial charge in [0.1, 0.15) is 17.0 Å². The van der Waals surface area contributed by atoms with Crippen LogP contribution in [0, 0.1) is 0 Å². The van der Waals surface area contributed by atoms with E-state index in [9.17, 15) is 0 Å². The van der Waals surface area contributed by atoms with Gasteiger partial charge in [-0.3, -0.25) is 0 Å². The summed E-state index contributed by atoms with van der Waals surface area (Å²) >= 11 is 7.29. The van der Waals surface area contributed by atoms with E-state index in [0.717, 1.165) is 22.8 Å². The summed E-state index contributed by atoms with van der Waals surface area (Å²) in [6.45, 7) is 1.33. The van der Waals surface area contributed by atoms with Crippen LogP contribution in [0.2, 0.25) is 5.15 Å². The zero-order valence-electron chi connectivity index (χ0n) is 10.5. The summed E-state index contributed by atoms with van der Waals surface area (Å²) in [5, 5.41) is 0.885. The molecule has 0 amide bonds. The molecule has 0 saturated carbocycles. The summed E-state index contributed by atoms with van der Waals surface area (Å²) in [4.78, 5) is 8.92. The zero-order valence-corrected chi connectivity index (χ0v) is 12.1. The molecular weight excluding hydrogens is 298 g/mol. The fourth-order valence-corrected chi connectivity index (χ4v) is 2.78. The van der Waals surface area contributed by atoms with E-state index in [0.29, 0.717) is 23.9 Å². The predicted molar refractivity (Wildman–Crippen MR) is 77.6 cm³/mol. The Morgan fingerprint density at radius 2 is 1.95 bits per heavy atom. The second-order valence-electron chi connectivity index (χ2n) is 4.14. The number of halogens is 1. The first kappa shape index (κ1) is 13.3. The Morgan fingerprint density at radius 1 is 1.15 bits per heavy atom. The van der Waals surface area contributed by atoms with Crippen LogP contribution in [-0.4, -0.2) is 23.2 Å². The van der Waals surface area contributed by atoms with Crippen LogP contribution in [0.15, 0.2) is 34.4 Å². The maximum atomic E-state index is 5.88. The smallest absolute Gasteiger partial charge is 0.162 e. The molecule has 2 aromatic rings. The molecule has 2 heterocycles. The lowest BCUT2D eigenvalue weighted by Gasteiger charge is -2.09. The minimum atomic E-state index is 0.261. The highest BCUT2D eigenvalue weighted by molar-refractivity contribution is 7.99. The van der Waals surface area contributed by atoms with E-state index in [1.54, 1.807) is 0 Å². The lowest BCUT2D eigenvalue weighted by molar-refractivity contribution is 0.297. The lowest BCUT2D eigenvalue weighted by Crippen LogP contribution is -1.97. The number of benzene rings is 1. The van der Waals surface area contributed by atoms with Gasteiger partial charge < -0.3 is 15.2 Å². The molecule has 3 rings (SSSR count). The van der Waals surface area contributed by atoms with Gasteiger partial charge >= 0.3 is 0 Å². The molecule has 0 spiro atoms. The van der Waals surface area contributed by atoms with Crippen molar-refractivity contribution in [2.45, 2.75) is 16.3 Å². The number of fused-ring (bicyclic) bond motifs is 1. The van der Waals surface area contributed by atoms with Crippen molar-refractivity contribution in [3.63, 3.8) is 0 Å². The van der Waals surface area contributed by atoms with E-state index < -0.39 is 0 Å². The third kappa shape index (κ3) is 2.76. The number of nitrogens with zero attached hydrogens (tertiary/aromatic N) is 2. The third-order valence-electron chi connectivity index (χ3n) is 2.73. The van der Waals surface area contributed by atoms with E-state index in [4.69, 9.17) is 26.8 Å². The van der Waals surface area contributed by atoms with Gasteiger partial charge in [-0.25, -0.2) is 9.97 Å². The minimum absolute atomic E-state index is 0.261. The second kappa shape index (κ2) is 5.76. The molecule has 0 bridgehead atoms. The Kier molecular flexibility index (Phi) is 3.84. The molecule has 1 aromatic heterocycles. The zero-order chi connectivity index (χ0) is 13.9. The molecule has 0 aliphatic carbocycles. The fourth-order valence-electron chi connectivity index (χ4n) is 1.76. The van der Waals surface area contributed by atoms with Crippen LogP contribution < -0.4 is 15.2 Å². The van der Waals surface area contributed by atoms with Crippen LogP contribution in [0.4, 0.5) is 5.69 Å². The van der Waals surface area contributed by atoms with E-state index in [1.165, 1.54) is 18.1 Å². The molecular formula is C13H12ClN3O2S. The van der Waals surface area contributed by atoms with Crippen LogP contribution >= 0.6 is 23.4 Å². The largest absolute Gasteiger partial charge is 0.490 e. The van der Waals surface area contributed by atoms with Crippen LogP contribution in [0.1, 0.15) is 6.42 Å². The SMILES string of the molecule is Nc1c(Cl)ncnc1Sc1ccc2c(c1)OCCCO2. The molecule has 5 nitrogen and oxygen atoms in total. The maximum absolute atomic E-state index is 5.88. The summed E-state index contributed by atoms with van der Waals surface area (Å²) < 4.78 is 11.2. The van der Waals surface area contributed by atoms with Crippen molar-refractivity contribution in [3.8, 4) is 11.5 Å². The van der Waals surface area contributed by atoms with Crippen molar-refractivity contribution in [3.05, 3.63) is 29.7 Å². The molecule has 0 fully saturated rings. The number of nitrogens with two attached hydrogens (primary N) is 1. The molecule has 2 N–H and O–H groups in total. The first-order valence-corrected chi connectivity index (χ1v) is 7.27. The molecule has 0 atom stereocenters. The lowest BCUT2D eigenvalue weighted by atomic mass is 10.3. The maximum Gasteiger partial charge on any atom is 0.162 e. The molecule has 0 unspecified atom stereocenters. The molecule has 1 aromatic carbocycles. The Labute approximate surface area is 125 Å². The highest BCUT2D eigenvalue weighted by Crippen LogP contribution is 2.38. The monoisotopic (exact) mass is 309 g/mol. The number of rotatable bonds is 2. The van der Waals surface area contributed by atoms with Gasteiger partial charge in [0, 0.05) is 11.3 Å². The Balaban J connectivity index is 1.88. The highest BCUT2D eigenvalue weighted by Gasteiger charge is 2.13. The summed E-state index contributed by atoms with van der Waals surface area (Å²) in [5.74, 6) is 1.51. The average molecular weight is 310 g/mol. The van der Waals surface area contributed by atoms with Crippen LogP contribution in [0.3, 0.4) is 0 Å². The summed E-state index contributed by atoms with van der Waals surface area (Å²) in [5.41, 5.74) is 6.24. The molecule has 104 valence electrons. The van der Waals surface area contributed by atoms with E-state index in [1.807, 2.05) is 18.2 Å². The summed E-state index contributed by atoms with van der Waals surface area (Å²) in [6, 6.07) is 5.75. The van der Waals surface area contributed by atoms with Crippen molar-refractivity contribution < 1.29 is 9.47 Å². The Morgan fingerprint density at radius 3 is 2.80 bits per heavy atom. The average Bonchev–Trinajstić information content (AvgIpc) is 2.69. The Hall–Kier alpha value is -1.66. The van der Waals surface area contributed by atoms with Gasteiger partial charge in [0.15, 0.2) is 16.7 Å². The molecule has 1 aliphatic rings. The standard InChI is InChI=1S/C13H12ClN3O2S/c14-12-11(15)13(17-7-16-12)20-8-2-3-9-10(6-8)19-5-1-4-18-9/h2-3,6-7H,1,4-5,15H2. The van der Waals surface area contributed by atoms with Crippen molar-refractivity contribution in [2.24, 2.45) is 0 Å². The molecule has 0 radical (unpaired) electrons. The van der Waals surface area contributed by atoms with E-state index in [2.05, 4.69) is 9.97 Å².